The summed E-state index contributed by atoms with van der Waals surface area (Å²) in [5.41, 5.74) is -0.564. The summed E-state index contributed by atoms with van der Waals surface area (Å²) < 4.78 is 16.2. The van der Waals surface area contributed by atoms with Gasteiger partial charge in [0.15, 0.2) is 0 Å². The maximum atomic E-state index is 11.4. The van der Waals surface area contributed by atoms with Crippen LogP contribution >= 0.6 is 7.60 Å². The second kappa shape index (κ2) is 5.37. The number of hydrogen-bond acceptors (Lipinski definition) is 4. The molecule has 0 aromatic carbocycles. The van der Waals surface area contributed by atoms with Crippen LogP contribution in [0.4, 0.5) is 0 Å². The third kappa shape index (κ3) is 3.89. The molecule has 5 nitrogen and oxygen atoms in total. The molecule has 0 rings (SSSR count). The van der Waals surface area contributed by atoms with Gasteiger partial charge in [0.05, 0.1) is 18.0 Å². The molecule has 0 aliphatic heterocycles. The van der Waals surface area contributed by atoms with Crippen molar-refractivity contribution in [1.29, 1.82) is 0 Å². The van der Waals surface area contributed by atoms with Gasteiger partial charge in [-0.3, -0.25) is 4.57 Å². The molecule has 2 atom stereocenters. The summed E-state index contributed by atoms with van der Waals surface area (Å²) in [5, 5.41) is 11.3. The fourth-order valence-electron chi connectivity index (χ4n) is 0.654. The highest BCUT2D eigenvalue weighted by Crippen LogP contribution is 2.47. The van der Waals surface area contributed by atoms with Gasteiger partial charge in [0, 0.05) is 0 Å². The monoisotopic (exact) mass is 209 g/mol. The van der Waals surface area contributed by atoms with E-state index in [2.05, 4.69) is 5.16 Å². The van der Waals surface area contributed by atoms with E-state index in [0.717, 1.165) is 0 Å². The quantitative estimate of drug-likeness (QED) is 0.313. The van der Waals surface area contributed by atoms with E-state index in [-0.39, 0.29) is 12.3 Å². The average molecular weight is 209 g/mol. The zero-order chi connectivity index (χ0) is 10.5. The van der Waals surface area contributed by atoms with E-state index in [9.17, 15) is 9.46 Å². The van der Waals surface area contributed by atoms with Crippen molar-refractivity contribution >= 4 is 13.3 Å². The summed E-state index contributed by atoms with van der Waals surface area (Å²) >= 11 is 0. The summed E-state index contributed by atoms with van der Waals surface area (Å²) in [5.74, 6) is 0. The Balaban J connectivity index is 4.36. The van der Waals surface area contributed by atoms with E-state index in [1.54, 1.807) is 0 Å². The van der Waals surface area contributed by atoms with Crippen molar-refractivity contribution < 1.29 is 19.2 Å². The lowest BCUT2D eigenvalue weighted by Gasteiger charge is -2.17. The molecule has 0 saturated carbocycles. The van der Waals surface area contributed by atoms with Crippen LogP contribution < -0.4 is 0 Å². The largest absolute Gasteiger partial charge is 0.411 e. The molecule has 0 aromatic rings. The van der Waals surface area contributed by atoms with Crippen molar-refractivity contribution in [1.82, 2.24) is 0 Å². The van der Waals surface area contributed by atoms with E-state index in [1.807, 2.05) is 6.92 Å². The lowest BCUT2D eigenvalue weighted by atomic mass is 10.3. The smallest absolute Gasteiger partial charge is 0.336 e. The summed E-state index contributed by atoms with van der Waals surface area (Å²) in [6, 6.07) is 0. The first-order valence-corrected chi connectivity index (χ1v) is 5.76. The summed E-state index contributed by atoms with van der Waals surface area (Å²) in [6.07, 6.45) is 0.673. The van der Waals surface area contributed by atoms with Gasteiger partial charge < -0.3 is 14.6 Å². The molecule has 78 valence electrons. The molecular weight excluding hydrogens is 193 g/mol. The van der Waals surface area contributed by atoms with E-state index >= 15 is 0 Å². The third-order valence-corrected chi connectivity index (χ3v) is 3.64. The first-order valence-electron chi connectivity index (χ1n) is 4.11. The van der Waals surface area contributed by atoms with Gasteiger partial charge in [-0.15, -0.1) is 0 Å². The summed E-state index contributed by atoms with van der Waals surface area (Å²) in [7, 11) is -3.66. The van der Waals surface area contributed by atoms with Crippen molar-refractivity contribution in [3.05, 3.63) is 0 Å². The number of hydrogen-bond donors (Lipinski definition) is 2. The second-order valence-corrected chi connectivity index (χ2v) is 4.98. The highest BCUT2D eigenvalue weighted by atomic mass is 31.2. The molecule has 0 bridgehead atoms. The molecule has 0 aliphatic rings. The molecule has 0 aromatic heterocycles. The molecule has 0 heterocycles. The zero-order valence-electron chi connectivity index (χ0n) is 8.10. The Labute approximate surface area is 77.9 Å². The van der Waals surface area contributed by atoms with Crippen molar-refractivity contribution in [2.75, 3.05) is 6.61 Å². The van der Waals surface area contributed by atoms with E-state index in [0.29, 0.717) is 6.42 Å². The molecule has 0 saturated heterocycles. The van der Waals surface area contributed by atoms with E-state index in [1.165, 1.54) is 13.8 Å². The van der Waals surface area contributed by atoms with Crippen LogP contribution in [0.3, 0.4) is 0 Å². The van der Waals surface area contributed by atoms with Crippen molar-refractivity contribution in [2.24, 2.45) is 5.16 Å². The maximum Gasteiger partial charge on any atom is 0.336 e. The van der Waals surface area contributed by atoms with Crippen LogP contribution in [-0.2, 0) is 9.09 Å². The van der Waals surface area contributed by atoms with Crippen LogP contribution in [0.2, 0.25) is 0 Å². The van der Waals surface area contributed by atoms with Crippen LogP contribution in [-0.4, -0.2) is 28.1 Å². The fraction of sp³-hybridized carbons (Fsp3) is 0.857. The highest BCUT2D eigenvalue weighted by molar-refractivity contribution is 7.54. The standard InChI is InChI=1S/C7H16NO4P/c1-4-5-12-13(10,11)7(3)6(2)8-9/h7,9H,4-5H2,1-3H3,(H,10,11). The molecule has 2 unspecified atom stereocenters. The van der Waals surface area contributed by atoms with Gasteiger partial charge in [-0.05, 0) is 20.3 Å². The zero-order valence-corrected chi connectivity index (χ0v) is 8.99. The van der Waals surface area contributed by atoms with E-state index < -0.39 is 13.3 Å². The Hall–Kier alpha value is -0.380. The van der Waals surface area contributed by atoms with Crippen LogP contribution in [0.5, 0.6) is 0 Å². The van der Waals surface area contributed by atoms with Gasteiger partial charge in [0.25, 0.3) is 0 Å². The van der Waals surface area contributed by atoms with Crippen molar-refractivity contribution in [3.8, 4) is 0 Å². The lowest BCUT2D eigenvalue weighted by Crippen LogP contribution is -2.16. The van der Waals surface area contributed by atoms with Gasteiger partial charge in [0.2, 0.25) is 0 Å². The molecule has 0 spiro atoms. The van der Waals surface area contributed by atoms with Gasteiger partial charge in [-0.25, -0.2) is 0 Å². The SMILES string of the molecule is CCCOP(=O)(O)C(C)C(C)=NO. The van der Waals surface area contributed by atoms with Crippen molar-refractivity contribution in [3.63, 3.8) is 0 Å². The van der Waals surface area contributed by atoms with Crippen LogP contribution in [0.25, 0.3) is 0 Å². The van der Waals surface area contributed by atoms with Crippen molar-refractivity contribution in [2.45, 2.75) is 32.9 Å². The minimum absolute atomic E-state index is 0.196. The number of oxime groups is 1. The maximum absolute atomic E-state index is 11.4. The molecule has 0 radical (unpaired) electrons. The molecule has 2 N–H and O–H groups in total. The van der Waals surface area contributed by atoms with Crippen LogP contribution in [0, 0.1) is 0 Å². The average Bonchev–Trinajstić information content (AvgIpc) is 2.12. The fourth-order valence-corrected chi connectivity index (χ4v) is 1.85. The number of rotatable bonds is 5. The molecular formula is C7H16NO4P. The molecule has 13 heavy (non-hydrogen) atoms. The predicted molar refractivity (Wildman–Crippen MR) is 50.4 cm³/mol. The normalized spacial score (nSPS) is 19.5. The Morgan fingerprint density at radius 1 is 1.69 bits per heavy atom. The topological polar surface area (TPSA) is 79.1 Å². The van der Waals surface area contributed by atoms with Crippen LogP contribution in [0.1, 0.15) is 27.2 Å². The Morgan fingerprint density at radius 2 is 2.23 bits per heavy atom. The second-order valence-electron chi connectivity index (χ2n) is 2.81. The minimum atomic E-state index is -3.66. The van der Waals surface area contributed by atoms with Gasteiger partial charge in [0.1, 0.15) is 0 Å². The van der Waals surface area contributed by atoms with Gasteiger partial charge in [-0.1, -0.05) is 12.1 Å². The highest BCUT2D eigenvalue weighted by Gasteiger charge is 2.30. The third-order valence-electron chi connectivity index (χ3n) is 1.73. The number of nitrogens with zero attached hydrogens (tertiary/aromatic N) is 1. The molecule has 6 heteroatoms. The molecule has 0 fully saturated rings. The minimum Gasteiger partial charge on any atom is -0.411 e. The van der Waals surface area contributed by atoms with Gasteiger partial charge in [-0.2, -0.15) is 0 Å². The summed E-state index contributed by atoms with van der Waals surface area (Å²) in [6.45, 7) is 5.04. The Morgan fingerprint density at radius 3 is 2.62 bits per heavy atom. The molecule has 0 amide bonds. The first kappa shape index (κ1) is 12.6. The Bertz CT molecular complexity index is 229. The first-order chi connectivity index (χ1) is 5.95. The predicted octanol–water partition coefficient (Wildman–Crippen LogP) is 1.84. The lowest BCUT2D eigenvalue weighted by molar-refractivity contribution is 0.256. The Kier molecular flexibility index (Phi) is 5.21. The summed E-state index contributed by atoms with van der Waals surface area (Å²) in [4.78, 5) is 9.36. The van der Waals surface area contributed by atoms with Gasteiger partial charge >= 0.3 is 7.60 Å². The van der Waals surface area contributed by atoms with E-state index in [4.69, 9.17) is 9.73 Å². The van der Waals surface area contributed by atoms with Crippen LogP contribution in [0.15, 0.2) is 5.16 Å². The molecule has 0 aliphatic carbocycles.